The molecule has 9 heteroatoms. The van der Waals surface area contributed by atoms with Gasteiger partial charge >= 0.3 is 6.55 Å². The molecule has 0 N–H and O–H groups in total. The maximum atomic E-state index is 12.6. The number of hydrogen-bond acceptors (Lipinski definition) is 4. The monoisotopic (exact) mass is 302 g/mol. The Bertz CT molecular complexity index is 502. The second-order valence-electron chi connectivity index (χ2n) is 4.02. The van der Waals surface area contributed by atoms with E-state index in [1.54, 1.807) is 0 Å². The fourth-order valence-electron chi connectivity index (χ4n) is 1.27. The Morgan fingerprint density at radius 2 is 2.11 bits per heavy atom. The summed E-state index contributed by atoms with van der Waals surface area (Å²) in [6.45, 7) is 0.836. The van der Waals surface area contributed by atoms with Crippen LogP contribution in [0.2, 0.25) is 0 Å². The van der Waals surface area contributed by atoms with E-state index in [0.29, 0.717) is 6.61 Å². The minimum absolute atomic E-state index is 0.198. The van der Waals surface area contributed by atoms with Gasteiger partial charge in [0.15, 0.2) is 0 Å². The second-order valence-corrected chi connectivity index (χ2v) is 6.56. The van der Waals surface area contributed by atoms with Crippen LogP contribution in [0.3, 0.4) is 0 Å². The van der Waals surface area contributed by atoms with Crippen molar-refractivity contribution in [3.8, 4) is 0 Å². The second kappa shape index (κ2) is 5.94. The van der Waals surface area contributed by atoms with Crippen molar-refractivity contribution in [1.82, 2.24) is 9.78 Å². The van der Waals surface area contributed by atoms with Gasteiger partial charge in [0.1, 0.15) is 4.90 Å². The molecule has 0 unspecified atom stereocenters. The fourth-order valence-corrected chi connectivity index (χ4v) is 2.27. The predicted molar refractivity (Wildman–Crippen MR) is 61.0 cm³/mol. The van der Waals surface area contributed by atoms with Crippen molar-refractivity contribution in [3.63, 3.8) is 0 Å². The van der Waals surface area contributed by atoms with Crippen molar-refractivity contribution in [2.45, 2.75) is 31.9 Å². The molecule has 0 spiro atoms. The molecule has 0 aliphatic heterocycles. The molecule has 1 rings (SSSR count). The summed E-state index contributed by atoms with van der Waals surface area (Å²) in [6, 6.07) is 0. The van der Waals surface area contributed by atoms with Crippen LogP contribution in [0.15, 0.2) is 11.1 Å². The largest absolute Gasteiger partial charge is 0.375 e. The summed E-state index contributed by atoms with van der Waals surface area (Å²) >= 11 is 0. The zero-order valence-electron chi connectivity index (χ0n) is 9.81. The lowest BCUT2D eigenvalue weighted by molar-refractivity contribution is 0.0369. The average molecular weight is 303 g/mol. The molecule has 0 radical (unpaired) electrons. The first-order valence-corrected chi connectivity index (χ1v) is 7.41. The Hall–Kier alpha value is -0.730. The highest BCUT2D eigenvalue weighted by Gasteiger charge is 2.24. The van der Waals surface area contributed by atoms with E-state index < -0.39 is 20.5 Å². The third kappa shape index (κ3) is 3.89. The van der Waals surface area contributed by atoms with Crippen molar-refractivity contribution >= 4 is 19.7 Å². The smallest absolute Gasteiger partial charge is 0.333 e. The van der Waals surface area contributed by atoms with Crippen LogP contribution in [0.25, 0.3) is 0 Å². The van der Waals surface area contributed by atoms with Crippen LogP contribution in [0.1, 0.15) is 26.1 Å². The van der Waals surface area contributed by atoms with Crippen LogP contribution in [-0.4, -0.2) is 24.8 Å². The van der Waals surface area contributed by atoms with E-state index in [0.717, 1.165) is 6.20 Å². The molecule has 0 aliphatic rings. The molecule has 5 nitrogen and oxygen atoms in total. The van der Waals surface area contributed by atoms with Gasteiger partial charge in [0.05, 0.1) is 18.5 Å². The normalized spacial score (nSPS) is 12.6. The number of nitrogens with zero attached hydrogens (tertiary/aromatic N) is 2. The summed E-state index contributed by atoms with van der Waals surface area (Å²) in [5.41, 5.74) is -0.249. The molecule has 0 amide bonds. The van der Waals surface area contributed by atoms with Crippen LogP contribution in [0.4, 0.5) is 8.78 Å². The third-order valence-corrected chi connectivity index (χ3v) is 3.36. The van der Waals surface area contributed by atoms with Gasteiger partial charge in [-0.3, -0.25) is 0 Å². The van der Waals surface area contributed by atoms with Crippen LogP contribution in [0.5, 0.6) is 0 Å². The Morgan fingerprint density at radius 3 is 2.56 bits per heavy atom. The first-order chi connectivity index (χ1) is 8.23. The minimum atomic E-state index is -4.12. The molecule has 0 bridgehead atoms. The molecule has 0 atom stereocenters. The van der Waals surface area contributed by atoms with Crippen LogP contribution >= 0.6 is 10.7 Å². The molecule has 0 aliphatic carbocycles. The van der Waals surface area contributed by atoms with E-state index in [1.807, 2.05) is 13.8 Å². The summed E-state index contributed by atoms with van der Waals surface area (Å²) in [4.78, 5) is -0.451. The highest BCUT2D eigenvalue weighted by atomic mass is 35.7. The summed E-state index contributed by atoms with van der Waals surface area (Å²) < 4.78 is 53.1. The zero-order valence-corrected chi connectivity index (χ0v) is 11.4. The first kappa shape index (κ1) is 15.3. The molecule has 1 heterocycles. The summed E-state index contributed by atoms with van der Waals surface area (Å²) in [7, 11) is 1.02. The Kier molecular flexibility index (Phi) is 5.06. The van der Waals surface area contributed by atoms with Gasteiger partial charge in [-0.15, -0.1) is 0 Å². The van der Waals surface area contributed by atoms with Gasteiger partial charge in [0.25, 0.3) is 9.05 Å². The average Bonchev–Trinajstić information content (AvgIpc) is 2.60. The molecule has 104 valence electrons. The Labute approximate surface area is 108 Å². The highest BCUT2D eigenvalue weighted by Crippen LogP contribution is 2.24. The van der Waals surface area contributed by atoms with Crippen LogP contribution in [-0.2, 0) is 20.4 Å². The molecule has 18 heavy (non-hydrogen) atoms. The molecule has 1 aromatic heterocycles. The molecular weight excluding hydrogens is 290 g/mol. The number of hydrogen-bond donors (Lipinski definition) is 0. The number of rotatable bonds is 6. The van der Waals surface area contributed by atoms with Crippen molar-refractivity contribution < 1.29 is 21.9 Å². The predicted octanol–water partition coefficient (Wildman–Crippen LogP) is 2.38. The molecule has 0 saturated heterocycles. The number of aromatic nitrogens is 2. The first-order valence-electron chi connectivity index (χ1n) is 5.10. The highest BCUT2D eigenvalue weighted by molar-refractivity contribution is 8.13. The lowest BCUT2D eigenvalue weighted by Gasteiger charge is -2.10. The molecule has 0 aromatic carbocycles. The van der Waals surface area contributed by atoms with E-state index in [4.69, 9.17) is 15.4 Å². The number of ether oxygens (including phenoxy) is 1. The fraction of sp³-hybridized carbons (Fsp3) is 0.667. The van der Waals surface area contributed by atoms with Gasteiger partial charge in [0.2, 0.25) is 0 Å². The minimum Gasteiger partial charge on any atom is -0.375 e. The van der Waals surface area contributed by atoms with Crippen LogP contribution < -0.4 is 0 Å². The molecule has 1 aromatic rings. The van der Waals surface area contributed by atoms with Gasteiger partial charge in [-0.25, -0.2) is 13.1 Å². The van der Waals surface area contributed by atoms with Crippen molar-refractivity contribution in [3.05, 3.63) is 11.9 Å². The standard InChI is InChI=1S/C9H13ClF2N2O3S/c1-6(2)4-17-5-7-8(18(10,15)16)3-13-14(7)9(11)12/h3,6,9H,4-5H2,1-2H3. The number of halogens is 3. The van der Waals surface area contributed by atoms with E-state index in [2.05, 4.69) is 5.10 Å². The topological polar surface area (TPSA) is 61.2 Å². The van der Waals surface area contributed by atoms with Crippen molar-refractivity contribution in [2.24, 2.45) is 5.92 Å². The Balaban J connectivity index is 3.01. The molecular formula is C9H13ClF2N2O3S. The molecule has 0 saturated carbocycles. The quantitative estimate of drug-likeness (QED) is 0.757. The number of alkyl halides is 2. The van der Waals surface area contributed by atoms with E-state index >= 15 is 0 Å². The Morgan fingerprint density at radius 1 is 1.50 bits per heavy atom. The SMILES string of the molecule is CC(C)COCc1c(S(=O)(=O)Cl)cnn1C(F)F. The third-order valence-electron chi connectivity index (χ3n) is 2.00. The van der Waals surface area contributed by atoms with E-state index in [-0.39, 0.29) is 22.9 Å². The maximum absolute atomic E-state index is 12.6. The van der Waals surface area contributed by atoms with Gasteiger partial charge in [-0.2, -0.15) is 13.9 Å². The van der Waals surface area contributed by atoms with Crippen LogP contribution in [0, 0.1) is 5.92 Å². The summed E-state index contributed by atoms with van der Waals surface area (Å²) in [6.07, 6.45) is 0.794. The maximum Gasteiger partial charge on any atom is 0.333 e. The zero-order chi connectivity index (χ0) is 13.9. The van der Waals surface area contributed by atoms with Gasteiger partial charge in [-0.05, 0) is 5.92 Å². The van der Waals surface area contributed by atoms with E-state index in [9.17, 15) is 17.2 Å². The van der Waals surface area contributed by atoms with Crippen molar-refractivity contribution in [1.29, 1.82) is 0 Å². The summed E-state index contributed by atoms with van der Waals surface area (Å²) in [5, 5.41) is 3.30. The lowest BCUT2D eigenvalue weighted by Crippen LogP contribution is -2.11. The lowest BCUT2D eigenvalue weighted by atomic mass is 10.2. The van der Waals surface area contributed by atoms with E-state index in [1.165, 1.54) is 0 Å². The van der Waals surface area contributed by atoms with Crippen molar-refractivity contribution in [2.75, 3.05) is 6.61 Å². The summed E-state index contributed by atoms with van der Waals surface area (Å²) in [5.74, 6) is 0.198. The van der Waals surface area contributed by atoms with Gasteiger partial charge < -0.3 is 4.74 Å². The molecule has 0 fully saturated rings. The van der Waals surface area contributed by atoms with Gasteiger partial charge in [-0.1, -0.05) is 13.8 Å². The van der Waals surface area contributed by atoms with Gasteiger partial charge in [0, 0.05) is 17.3 Å².